The summed E-state index contributed by atoms with van der Waals surface area (Å²) < 4.78 is 0. The van der Waals surface area contributed by atoms with E-state index in [1.807, 2.05) is 0 Å². The number of nitrogens with zero attached hydrogens (tertiary/aromatic N) is 1. The molecule has 0 bridgehead atoms. The minimum atomic E-state index is -0.253. The SMILES string of the molecule is CCCNCC(O)CN(Cc1cccs1)C1CC1. The molecular formula is C14H24N2OS. The van der Waals surface area contributed by atoms with Crippen LogP contribution in [0.3, 0.4) is 0 Å². The van der Waals surface area contributed by atoms with Crippen molar-refractivity contribution in [3.63, 3.8) is 0 Å². The van der Waals surface area contributed by atoms with Gasteiger partial charge in [0.15, 0.2) is 0 Å². The average molecular weight is 268 g/mol. The van der Waals surface area contributed by atoms with E-state index >= 15 is 0 Å². The Bertz CT molecular complexity index is 325. The van der Waals surface area contributed by atoms with Gasteiger partial charge in [-0.05, 0) is 37.3 Å². The van der Waals surface area contributed by atoms with Crippen LogP contribution in [0.4, 0.5) is 0 Å². The molecule has 0 spiro atoms. The highest BCUT2D eigenvalue weighted by atomic mass is 32.1. The maximum atomic E-state index is 10.1. The molecule has 1 unspecified atom stereocenters. The molecule has 0 aliphatic heterocycles. The molecule has 1 fully saturated rings. The third-order valence-corrected chi connectivity index (χ3v) is 4.12. The number of nitrogens with one attached hydrogen (secondary N) is 1. The molecule has 18 heavy (non-hydrogen) atoms. The summed E-state index contributed by atoms with van der Waals surface area (Å²) in [5, 5.41) is 15.5. The van der Waals surface area contributed by atoms with Gasteiger partial charge >= 0.3 is 0 Å². The van der Waals surface area contributed by atoms with Crippen LogP contribution in [0.2, 0.25) is 0 Å². The van der Waals surface area contributed by atoms with Crippen molar-refractivity contribution in [1.29, 1.82) is 0 Å². The van der Waals surface area contributed by atoms with Crippen LogP contribution >= 0.6 is 11.3 Å². The highest BCUT2D eigenvalue weighted by molar-refractivity contribution is 7.09. The zero-order valence-corrected chi connectivity index (χ0v) is 12.0. The van der Waals surface area contributed by atoms with Crippen molar-refractivity contribution >= 4 is 11.3 Å². The van der Waals surface area contributed by atoms with E-state index in [0.29, 0.717) is 12.6 Å². The molecule has 1 aromatic heterocycles. The van der Waals surface area contributed by atoms with Gasteiger partial charge in [0.05, 0.1) is 6.10 Å². The van der Waals surface area contributed by atoms with Gasteiger partial charge in [-0.3, -0.25) is 4.90 Å². The van der Waals surface area contributed by atoms with Crippen LogP contribution in [0.1, 0.15) is 31.1 Å². The monoisotopic (exact) mass is 268 g/mol. The lowest BCUT2D eigenvalue weighted by Gasteiger charge is -2.24. The maximum absolute atomic E-state index is 10.1. The van der Waals surface area contributed by atoms with Gasteiger partial charge in [0.25, 0.3) is 0 Å². The first-order chi connectivity index (χ1) is 8.79. The Balaban J connectivity index is 1.75. The number of aliphatic hydroxyl groups excluding tert-OH is 1. The van der Waals surface area contributed by atoms with Gasteiger partial charge in [-0.1, -0.05) is 13.0 Å². The number of rotatable bonds is 9. The van der Waals surface area contributed by atoms with Gasteiger partial charge in [-0.2, -0.15) is 0 Å². The van der Waals surface area contributed by atoms with E-state index in [9.17, 15) is 5.11 Å². The number of aliphatic hydroxyl groups is 1. The molecule has 1 aliphatic rings. The molecule has 0 amide bonds. The molecule has 1 aliphatic carbocycles. The number of thiophene rings is 1. The van der Waals surface area contributed by atoms with Crippen LogP contribution in [-0.4, -0.2) is 41.8 Å². The second kappa shape index (κ2) is 7.24. The van der Waals surface area contributed by atoms with Crippen LogP contribution < -0.4 is 5.32 Å². The van der Waals surface area contributed by atoms with Crippen molar-refractivity contribution in [2.75, 3.05) is 19.6 Å². The van der Waals surface area contributed by atoms with Crippen molar-refractivity contribution in [3.8, 4) is 0 Å². The van der Waals surface area contributed by atoms with E-state index in [1.54, 1.807) is 11.3 Å². The van der Waals surface area contributed by atoms with Crippen molar-refractivity contribution in [1.82, 2.24) is 10.2 Å². The molecule has 2 rings (SSSR count). The molecule has 1 atom stereocenters. The Labute approximate surface area is 114 Å². The predicted octanol–water partition coefficient (Wildman–Crippen LogP) is 2.07. The fourth-order valence-electron chi connectivity index (χ4n) is 2.17. The standard InChI is InChI=1S/C14H24N2OS/c1-2-7-15-9-13(17)10-16(12-5-6-12)11-14-4-3-8-18-14/h3-4,8,12-13,15,17H,2,5-7,9-11H2,1H3. The molecule has 1 aromatic rings. The van der Waals surface area contributed by atoms with Gasteiger partial charge in [0.2, 0.25) is 0 Å². The third kappa shape index (κ3) is 4.69. The first-order valence-corrected chi connectivity index (χ1v) is 7.82. The third-order valence-electron chi connectivity index (χ3n) is 3.25. The van der Waals surface area contributed by atoms with E-state index < -0.39 is 0 Å². The molecular weight excluding hydrogens is 244 g/mol. The normalized spacial score (nSPS) is 17.3. The van der Waals surface area contributed by atoms with Crippen LogP contribution in [0.5, 0.6) is 0 Å². The highest BCUT2D eigenvalue weighted by Crippen LogP contribution is 2.29. The minimum absolute atomic E-state index is 0.253. The summed E-state index contributed by atoms with van der Waals surface area (Å²) in [5.74, 6) is 0. The molecule has 1 heterocycles. The minimum Gasteiger partial charge on any atom is -0.390 e. The van der Waals surface area contributed by atoms with E-state index in [0.717, 1.165) is 26.1 Å². The number of hydrogen-bond acceptors (Lipinski definition) is 4. The molecule has 0 radical (unpaired) electrons. The first kappa shape index (κ1) is 14.0. The van der Waals surface area contributed by atoms with Crippen LogP contribution in [0, 0.1) is 0 Å². The summed E-state index contributed by atoms with van der Waals surface area (Å²) in [6.45, 7) is 5.63. The largest absolute Gasteiger partial charge is 0.390 e. The van der Waals surface area contributed by atoms with Crippen LogP contribution in [0.15, 0.2) is 17.5 Å². The van der Waals surface area contributed by atoms with E-state index in [2.05, 4.69) is 34.7 Å². The molecule has 0 saturated heterocycles. The highest BCUT2D eigenvalue weighted by Gasteiger charge is 2.30. The van der Waals surface area contributed by atoms with E-state index in [4.69, 9.17) is 0 Å². The molecule has 1 saturated carbocycles. The fraction of sp³-hybridized carbons (Fsp3) is 0.714. The van der Waals surface area contributed by atoms with Crippen LogP contribution in [-0.2, 0) is 6.54 Å². The summed E-state index contributed by atoms with van der Waals surface area (Å²) in [4.78, 5) is 3.83. The van der Waals surface area contributed by atoms with Crippen molar-refractivity contribution in [2.45, 2.75) is 44.9 Å². The zero-order valence-electron chi connectivity index (χ0n) is 11.1. The van der Waals surface area contributed by atoms with E-state index in [-0.39, 0.29) is 6.10 Å². The molecule has 102 valence electrons. The van der Waals surface area contributed by atoms with Crippen molar-refractivity contribution < 1.29 is 5.11 Å². The summed E-state index contributed by atoms with van der Waals surface area (Å²) in [6.07, 6.45) is 3.45. The van der Waals surface area contributed by atoms with E-state index in [1.165, 1.54) is 17.7 Å². The Hall–Kier alpha value is -0.420. The molecule has 3 nitrogen and oxygen atoms in total. The van der Waals surface area contributed by atoms with Crippen molar-refractivity contribution in [3.05, 3.63) is 22.4 Å². The summed E-state index contributed by atoms with van der Waals surface area (Å²) >= 11 is 1.81. The topological polar surface area (TPSA) is 35.5 Å². The first-order valence-electron chi connectivity index (χ1n) is 6.94. The number of hydrogen-bond donors (Lipinski definition) is 2. The Morgan fingerprint density at radius 3 is 3.00 bits per heavy atom. The second-order valence-electron chi connectivity index (χ2n) is 5.10. The Morgan fingerprint density at radius 2 is 2.39 bits per heavy atom. The molecule has 0 aromatic carbocycles. The maximum Gasteiger partial charge on any atom is 0.0791 e. The lowest BCUT2D eigenvalue weighted by Crippen LogP contribution is -2.39. The van der Waals surface area contributed by atoms with Gasteiger partial charge in [-0.25, -0.2) is 0 Å². The fourth-order valence-corrected chi connectivity index (χ4v) is 2.90. The van der Waals surface area contributed by atoms with Crippen molar-refractivity contribution in [2.24, 2.45) is 0 Å². The average Bonchev–Trinajstić information content (AvgIpc) is 3.08. The van der Waals surface area contributed by atoms with Gasteiger partial charge < -0.3 is 10.4 Å². The van der Waals surface area contributed by atoms with Gasteiger partial charge in [0.1, 0.15) is 0 Å². The quantitative estimate of drug-likeness (QED) is 0.673. The predicted molar refractivity (Wildman–Crippen MR) is 76.9 cm³/mol. The van der Waals surface area contributed by atoms with Crippen LogP contribution in [0.25, 0.3) is 0 Å². The Kier molecular flexibility index (Phi) is 5.63. The van der Waals surface area contributed by atoms with Gasteiger partial charge in [-0.15, -0.1) is 11.3 Å². The zero-order chi connectivity index (χ0) is 12.8. The smallest absolute Gasteiger partial charge is 0.0791 e. The summed E-state index contributed by atoms with van der Waals surface area (Å²) in [7, 11) is 0. The lowest BCUT2D eigenvalue weighted by atomic mass is 10.3. The molecule has 4 heteroatoms. The second-order valence-corrected chi connectivity index (χ2v) is 6.13. The lowest BCUT2D eigenvalue weighted by molar-refractivity contribution is 0.104. The Morgan fingerprint density at radius 1 is 1.56 bits per heavy atom. The summed E-state index contributed by atoms with van der Waals surface area (Å²) in [6, 6.07) is 4.99. The summed E-state index contributed by atoms with van der Waals surface area (Å²) in [5.41, 5.74) is 0. The van der Waals surface area contributed by atoms with Gasteiger partial charge in [0, 0.05) is 30.6 Å². The molecule has 2 N–H and O–H groups in total.